The van der Waals surface area contributed by atoms with Crippen molar-refractivity contribution in [3.63, 3.8) is 0 Å². The molecule has 0 aliphatic carbocycles. The number of hydrogen-bond acceptors (Lipinski definition) is 6. The number of amides is 1. The molecule has 0 unspecified atom stereocenters. The summed E-state index contributed by atoms with van der Waals surface area (Å²) in [5.74, 6) is 0.564. The molecular formula is C21H23ClN4O5S. The van der Waals surface area contributed by atoms with Gasteiger partial charge in [-0.15, -0.1) is 0 Å². The number of hydrogen-bond donors (Lipinski definition) is 2. The fourth-order valence-electron chi connectivity index (χ4n) is 2.77. The van der Waals surface area contributed by atoms with E-state index >= 15 is 0 Å². The molecule has 0 radical (unpaired) electrons. The number of carbonyl (C=O) groups is 1. The highest BCUT2D eigenvalue weighted by atomic mass is 35.5. The molecule has 0 fully saturated rings. The Labute approximate surface area is 191 Å². The molecule has 1 heterocycles. The molecule has 170 valence electrons. The molecule has 0 saturated heterocycles. The van der Waals surface area contributed by atoms with E-state index in [9.17, 15) is 13.2 Å². The fourth-order valence-corrected chi connectivity index (χ4v) is 4.07. The Morgan fingerprint density at radius 3 is 2.62 bits per heavy atom. The number of methoxy groups -OCH3 is 1. The van der Waals surface area contributed by atoms with Crippen LogP contribution in [0.4, 0.5) is 5.69 Å². The third kappa shape index (κ3) is 6.63. The van der Waals surface area contributed by atoms with Crippen LogP contribution in [0.25, 0.3) is 0 Å². The molecule has 2 N–H and O–H groups in total. The van der Waals surface area contributed by atoms with Crippen LogP contribution in [-0.4, -0.2) is 44.1 Å². The lowest BCUT2D eigenvalue weighted by atomic mass is 10.3. The lowest BCUT2D eigenvalue weighted by Gasteiger charge is -2.11. The summed E-state index contributed by atoms with van der Waals surface area (Å²) in [5, 5.41) is 3.06. The van der Waals surface area contributed by atoms with E-state index in [0.717, 1.165) is 13.0 Å². The number of anilines is 1. The van der Waals surface area contributed by atoms with Crippen molar-refractivity contribution in [2.75, 3.05) is 25.0 Å². The third-order valence-corrected chi connectivity index (χ3v) is 6.07. The molecule has 32 heavy (non-hydrogen) atoms. The summed E-state index contributed by atoms with van der Waals surface area (Å²) in [5.41, 5.74) is 0.306. The second-order valence-electron chi connectivity index (χ2n) is 6.72. The molecule has 1 aromatic heterocycles. The summed E-state index contributed by atoms with van der Waals surface area (Å²) in [7, 11) is -2.35. The maximum Gasteiger partial charge on any atom is 0.261 e. The molecule has 0 saturated carbocycles. The quantitative estimate of drug-likeness (QED) is 0.410. The van der Waals surface area contributed by atoms with E-state index in [4.69, 9.17) is 21.1 Å². The molecule has 0 atom stereocenters. The van der Waals surface area contributed by atoms with Gasteiger partial charge in [-0.2, -0.15) is 0 Å². The second-order valence-corrected chi connectivity index (χ2v) is 8.81. The molecule has 0 bridgehead atoms. The predicted octanol–water partition coefficient (Wildman–Crippen LogP) is 2.93. The highest BCUT2D eigenvalue weighted by Gasteiger charge is 2.15. The summed E-state index contributed by atoms with van der Waals surface area (Å²) in [6.45, 7) is 1.10. The van der Waals surface area contributed by atoms with Gasteiger partial charge in [-0.05, 0) is 48.9 Å². The smallest absolute Gasteiger partial charge is 0.261 e. The lowest BCUT2D eigenvalue weighted by molar-refractivity contribution is -0.123. The molecular weight excluding hydrogens is 456 g/mol. The summed E-state index contributed by atoms with van der Waals surface area (Å²) in [6, 6.07) is 10.3. The molecule has 2 aromatic carbocycles. The fraction of sp³-hybridized carbons (Fsp3) is 0.238. The Morgan fingerprint density at radius 2 is 1.97 bits per heavy atom. The first kappa shape index (κ1) is 23.4. The third-order valence-electron chi connectivity index (χ3n) is 4.38. The Hall–Kier alpha value is -3.24. The van der Waals surface area contributed by atoms with Gasteiger partial charge >= 0.3 is 0 Å². The van der Waals surface area contributed by atoms with Crippen LogP contribution in [0.5, 0.6) is 11.5 Å². The zero-order chi connectivity index (χ0) is 23.0. The van der Waals surface area contributed by atoms with Crippen molar-refractivity contribution in [1.82, 2.24) is 14.9 Å². The van der Waals surface area contributed by atoms with E-state index in [1.165, 1.54) is 37.4 Å². The minimum absolute atomic E-state index is 0.0424. The van der Waals surface area contributed by atoms with Gasteiger partial charge in [0.1, 0.15) is 11.5 Å². The Kier molecular flexibility index (Phi) is 7.96. The van der Waals surface area contributed by atoms with Gasteiger partial charge in [-0.3, -0.25) is 9.52 Å². The Balaban J connectivity index is 1.47. The first-order valence-corrected chi connectivity index (χ1v) is 11.5. The van der Waals surface area contributed by atoms with Gasteiger partial charge in [-0.1, -0.05) is 11.6 Å². The molecule has 0 spiro atoms. The van der Waals surface area contributed by atoms with E-state index in [1.54, 1.807) is 24.7 Å². The minimum atomic E-state index is -3.82. The van der Waals surface area contributed by atoms with Crippen molar-refractivity contribution in [2.45, 2.75) is 17.9 Å². The predicted molar refractivity (Wildman–Crippen MR) is 121 cm³/mol. The van der Waals surface area contributed by atoms with Crippen LogP contribution < -0.4 is 19.5 Å². The van der Waals surface area contributed by atoms with Crippen LogP contribution in [0.15, 0.2) is 66.1 Å². The average Bonchev–Trinajstić information content (AvgIpc) is 3.29. The summed E-state index contributed by atoms with van der Waals surface area (Å²) in [6.07, 6.45) is 6.04. The Bertz CT molecular complexity index is 1140. The van der Waals surface area contributed by atoms with Crippen LogP contribution in [-0.2, 0) is 21.4 Å². The lowest BCUT2D eigenvalue weighted by Crippen LogP contribution is -2.30. The first-order chi connectivity index (χ1) is 15.4. The second kappa shape index (κ2) is 10.9. The van der Waals surface area contributed by atoms with Gasteiger partial charge in [0.2, 0.25) is 0 Å². The summed E-state index contributed by atoms with van der Waals surface area (Å²) >= 11 is 6.04. The zero-order valence-corrected chi connectivity index (χ0v) is 18.9. The van der Waals surface area contributed by atoms with Gasteiger partial charge in [0.15, 0.2) is 6.61 Å². The maximum absolute atomic E-state index is 12.6. The largest absolute Gasteiger partial charge is 0.495 e. The highest BCUT2D eigenvalue weighted by molar-refractivity contribution is 7.92. The van der Waals surface area contributed by atoms with Crippen LogP contribution in [0.1, 0.15) is 6.42 Å². The van der Waals surface area contributed by atoms with Crippen LogP contribution in [0, 0.1) is 0 Å². The van der Waals surface area contributed by atoms with Gasteiger partial charge < -0.3 is 19.4 Å². The average molecular weight is 479 g/mol. The zero-order valence-electron chi connectivity index (χ0n) is 17.3. The van der Waals surface area contributed by atoms with E-state index in [-0.39, 0.29) is 22.4 Å². The Morgan fingerprint density at radius 1 is 1.19 bits per heavy atom. The number of halogens is 1. The molecule has 11 heteroatoms. The van der Waals surface area contributed by atoms with Gasteiger partial charge in [0, 0.05) is 25.5 Å². The first-order valence-electron chi connectivity index (χ1n) is 9.69. The van der Waals surface area contributed by atoms with Gasteiger partial charge in [-0.25, -0.2) is 13.4 Å². The maximum atomic E-state index is 12.6. The molecule has 0 aliphatic heterocycles. The van der Waals surface area contributed by atoms with Crippen molar-refractivity contribution < 1.29 is 22.7 Å². The number of benzene rings is 2. The molecule has 0 aliphatic rings. The number of sulfonamides is 1. The van der Waals surface area contributed by atoms with E-state index < -0.39 is 10.0 Å². The van der Waals surface area contributed by atoms with Gasteiger partial charge in [0.25, 0.3) is 15.9 Å². The number of aromatic nitrogens is 2. The van der Waals surface area contributed by atoms with E-state index in [2.05, 4.69) is 15.0 Å². The van der Waals surface area contributed by atoms with Crippen LogP contribution >= 0.6 is 11.6 Å². The highest BCUT2D eigenvalue weighted by Crippen LogP contribution is 2.28. The number of imidazole rings is 1. The summed E-state index contributed by atoms with van der Waals surface area (Å²) in [4.78, 5) is 15.9. The number of nitrogens with one attached hydrogen (secondary N) is 2. The molecule has 3 aromatic rings. The number of nitrogens with zero attached hydrogens (tertiary/aromatic N) is 2. The van der Waals surface area contributed by atoms with Crippen molar-refractivity contribution in [3.8, 4) is 11.5 Å². The van der Waals surface area contributed by atoms with Crippen molar-refractivity contribution in [3.05, 3.63) is 66.2 Å². The number of ether oxygens (including phenoxy) is 2. The molecule has 1 amide bonds. The number of rotatable bonds is 11. The van der Waals surface area contributed by atoms with Crippen LogP contribution in [0.3, 0.4) is 0 Å². The van der Waals surface area contributed by atoms with Gasteiger partial charge in [0.05, 0.1) is 29.0 Å². The molecule has 9 nitrogen and oxygen atoms in total. The van der Waals surface area contributed by atoms with Crippen molar-refractivity contribution in [2.24, 2.45) is 0 Å². The summed E-state index contributed by atoms with van der Waals surface area (Å²) < 4.78 is 40.0. The standard InChI is InChI=1S/C21H23ClN4O5S/c1-30-20-8-3-16(13-19(20)22)25-32(28,29)18-6-4-17(5-7-18)31-14-21(27)24-9-2-11-26-12-10-23-15-26/h3-8,10,12-13,15,25H,2,9,11,14H2,1H3,(H,24,27). The van der Waals surface area contributed by atoms with E-state index in [0.29, 0.717) is 23.7 Å². The van der Waals surface area contributed by atoms with Crippen LogP contribution in [0.2, 0.25) is 5.02 Å². The van der Waals surface area contributed by atoms with E-state index in [1.807, 2.05) is 10.8 Å². The SMILES string of the molecule is COc1ccc(NS(=O)(=O)c2ccc(OCC(=O)NCCCn3ccnc3)cc2)cc1Cl. The monoisotopic (exact) mass is 478 g/mol. The number of carbonyl (C=O) groups excluding carboxylic acids is 1. The molecule has 3 rings (SSSR count). The normalized spacial score (nSPS) is 11.1. The van der Waals surface area contributed by atoms with Crippen molar-refractivity contribution >= 4 is 33.2 Å². The number of aryl methyl sites for hydroxylation is 1. The van der Waals surface area contributed by atoms with Crippen molar-refractivity contribution in [1.29, 1.82) is 0 Å². The topological polar surface area (TPSA) is 112 Å². The minimum Gasteiger partial charge on any atom is -0.495 e.